The second-order valence-electron chi connectivity index (χ2n) is 3.80. The molecule has 1 N–H and O–H groups in total. The standard InChI is InChI=1S/C12H5Cl3F3NO/c13-5-3-7(14)9(8(15)4-5)6-1-2-19-11(10(6)20)12(16,17)18/h1-4,20H. The summed E-state index contributed by atoms with van der Waals surface area (Å²) < 4.78 is 38.1. The molecule has 2 rings (SSSR count). The predicted octanol–water partition coefficient (Wildman–Crippen LogP) is 5.43. The maximum absolute atomic E-state index is 12.7. The lowest BCUT2D eigenvalue weighted by molar-refractivity contribution is -0.142. The Morgan fingerprint density at radius 2 is 1.60 bits per heavy atom. The molecule has 2 nitrogen and oxygen atoms in total. The maximum Gasteiger partial charge on any atom is 0.437 e. The van der Waals surface area contributed by atoms with Gasteiger partial charge in [-0.05, 0) is 18.2 Å². The summed E-state index contributed by atoms with van der Waals surface area (Å²) in [5.74, 6) is -1.04. The molecule has 2 aromatic rings. The van der Waals surface area contributed by atoms with E-state index >= 15 is 0 Å². The van der Waals surface area contributed by atoms with E-state index in [1.165, 1.54) is 18.2 Å². The molecule has 1 aromatic carbocycles. The van der Waals surface area contributed by atoms with Crippen molar-refractivity contribution in [3.8, 4) is 16.9 Å². The highest BCUT2D eigenvalue weighted by atomic mass is 35.5. The molecule has 0 amide bonds. The molecule has 0 aliphatic heterocycles. The van der Waals surface area contributed by atoms with E-state index in [0.29, 0.717) is 0 Å². The first-order valence-corrected chi connectivity index (χ1v) is 6.25. The number of alkyl halides is 3. The van der Waals surface area contributed by atoms with Crippen LogP contribution in [0.1, 0.15) is 5.69 Å². The monoisotopic (exact) mass is 341 g/mol. The van der Waals surface area contributed by atoms with Crippen molar-refractivity contribution in [3.63, 3.8) is 0 Å². The topological polar surface area (TPSA) is 33.1 Å². The zero-order valence-corrected chi connectivity index (χ0v) is 11.7. The van der Waals surface area contributed by atoms with Gasteiger partial charge < -0.3 is 5.11 Å². The number of hydrogen-bond acceptors (Lipinski definition) is 2. The Morgan fingerprint density at radius 1 is 1.05 bits per heavy atom. The Labute approximate surface area is 126 Å². The second-order valence-corrected chi connectivity index (χ2v) is 5.05. The molecule has 0 radical (unpaired) electrons. The largest absolute Gasteiger partial charge is 0.505 e. The van der Waals surface area contributed by atoms with Gasteiger partial charge in [0.15, 0.2) is 11.4 Å². The number of aromatic hydroxyl groups is 1. The zero-order valence-electron chi connectivity index (χ0n) is 9.47. The third-order valence-electron chi connectivity index (χ3n) is 2.47. The van der Waals surface area contributed by atoms with Gasteiger partial charge in [-0.25, -0.2) is 4.98 Å². The van der Waals surface area contributed by atoms with Crippen LogP contribution in [0.3, 0.4) is 0 Å². The van der Waals surface area contributed by atoms with E-state index in [9.17, 15) is 18.3 Å². The summed E-state index contributed by atoms with van der Waals surface area (Å²) in [6, 6.07) is 3.82. The van der Waals surface area contributed by atoms with Crippen molar-refractivity contribution in [3.05, 3.63) is 45.2 Å². The third-order valence-corrected chi connectivity index (χ3v) is 3.28. The van der Waals surface area contributed by atoms with E-state index in [1.54, 1.807) is 0 Å². The van der Waals surface area contributed by atoms with Gasteiger partial charge in [0.25, 0.3) is 0 Å². The van der Waals surface area contributed by atoms with Crippen LogP contribution in [0.4, 0.5) is 13.2 Å². The lowest BCUT2D eigenvalue weighted by Crippen LogP contribution is -2.08. The van der Waals surface area contributed by atoms with Gasteiger partial charge in [-0.2, -0.15) is 13.2 Å². The van der Waals surface area contributed by atoms with Crippen LogP contribution in [0, 0.1) is 0 Å². The minimum Gasteiger partial charge on any atom is -0.505 e. The first-order valence-electron chi connectivity index (χ1n) is 5.12. The molecule has 1 heterocycles. The van der Waals surface area contributed by atoms with Crippen LogP contribution in [0.15, 0.2) is 24.4 Å². The number of hydrogen-bond donors (Lipinski definition) is 1. The average Bonchev–Trinajstić information content (AvgIpc) is 2.28. The third kappa shape index (κ3) is 2.80. The first-order chi connectivity index (χ1) is 9.21. The summed E-state index contributed by atoms with van der Waals surface area (Å²) >= 11 is 17.6. The molecule has 0 spiro atoms. The van der Waals surface area contributed by atoms with E-state index in [4.69, 9.17) is 34.8 Å². The van der Waals surface area contributed by atoms with Crippen molar-refractivity contribution in [2.24, 2.45) is 0 Å². The number of aromatic nitrogens is 1. The summed E-state index contributed by atoms with van der Waals surface area (Å²) in [7, 11) is 0. The summed E-state index contributed by atoms with van der Waals surface area (Å²) in [5.41, 5.74) is -1.51. The lowest BCUT2D eigenvalue weighted by atomic mass is 10.0. The van der Waals surface area contributed by atoms with Crippen LogP contribution in [-0.2, 0) is 6.18 Å². The smallest absolute Gasteiger partial charge is 0.437 e. The molecule has 20 heavy (non-hydrogen) atoms. The Kier molecular flexibility index (Phi) is 4.04. The van der Waals surface area contributed by atoms with Crippen LogP contribution in [0.25, 0.3) is 11.1 Å². The molecule has 0 aliphatic rings. The van der Waals surface area contributed by atoms with E-state index in [-0.39, 0.29) is 26.2 Å². The van der Waals surface area contributed by atoms with Crippen molar-refractivity contribution in [2.45, 2.75) is 6.18 Å². The first kappa shape index (κ1) is 15.2. The molecule has 0 bridgehead atoms. The van der Waals surface area contributed by atoms with E-state index in [1.807, 2.05) is 0 Å². The summed E-state index contributed by atoms with van der Waals surface area (Å²) in [5, 5.41) is 10.0. The van der Waals surface area contributed by atoms with Crippen molar-refractivity contribution in [1.29, 1.82) is 0 Å². The summed E-state index contributed by atoms with van der Waals surface area (Å²) in [4.78, 5) is 3.13. The van der Waals surface area contributed by atoms with Gasteiger partial charge in [0.2, 0.25) is 0 Å². The number of rotatable bonds is 1. The molecule has 1 aromatic heterocycles. The van der Waals surface area contributed by atoms with Gasteiger partial charge in [-0.15, -0.1) is 0 Å². The van der Waals surface area contributed by atoms with Gasteiger partial charge in [-0.1, -0.05) is 34.8 Å². The molecule has 8 heteroatoms. The molecular formula is C12H5Cl3F3NO. The lowest BCUT2D eigenvalue weighted by Gasteiger charge is -2.13. The maximum atomic E-state index is 12.7. The summed E-state index contributed by atoms with van der Waals surface area (Å²) in [6.45, 7) is 0. The normalized spacial score (nSPS) is 11.7. The van der Waals surface area contributed by atoms with E-state index < -0.39 is 17.6 Å². The molecular weight excluding hydrogens is 337 g/mol. The van der Waals surface area contributed by atoms with Crippen LogP contribution >= 0.6 is 34.8 Å². The number of pyridine rings is 1. The minimum atomic E-state index is -4.79. The Bertz CT molecular complexity index is 650. The number of benzene rings is 1. The highest BCUT2D eigenvalue weighted by molar-refractivity contribution is 6.41. The Morgan fingerprint density at radius 3 is 2.10 bits per heavy atom. The van der Waals surface area contributed by atoms with Crippen molar-refractivity contribution >= 4 is 34.8 Å². The van der Waals surface area contributed by atoms with Crippen molar-refractivity contribution < 1.29 is 18.3 Å². The van der Waals surface area contributed by atoms with Crippen LogP contribution in [0.5, 0.6) is 5.75 Å². The van der Waals surface area contributed by atoms with Gasteiger partial charge in [0, 0.05) is 22.3 Å². The second kappa shape index (κ2) is 5.31. The van der Waals surface area contributed by atoms with Crippen molar-refractivity contribution in [1.82, 2.24) is 4.98 Å². The fourth-order valence-corrected chi connectivity index (χ4v) is 2.68. The molecule has 0 fully saturated rings. The zero-order chi connectivity index (χ0) is 15.1. The van der Waals surface area contributed by atoms with E-state index in [0.717, 1.165) is 6.20 Å². The Balaban J connectivity index is 2.72. The van der Waals surface area contributed by atoms with Gasteiger partial charge in [-0.3, -0.25) is 0 Å². The molecule has 0 aliphatic carbocycles. The minimum absolute atomic E-state index is 0.0251. The number of halogens is 6. The highest BCUT2D eigenvalue weighted by Gasteiger charge is 2.37. The van der Waals surface area contributed by atoms with Gasteiger partial charge in [0.1, 0.15) is 0 Å². The predicted molar refractivity (Wildman–Crippen MR) is 71.4 cm³/mol. The quantitative estimate of drug-likeness (QED) is 0.749. The number of nitrogens with zero attached hydrogens (tertiary/aromatic N) is 1. The average molecular weight is 343 g/mol. The fraction of sp³-hybridized carbons (Fsp3) is 0.0833. The highest BCUT2D eigenvalue weighted by Crippen LogP contribution is 2.44. The summed E-state index contributed by atoms with van der Waals surface area (Å²) in [6.07, 6.45) is -3.87. The van der Waals surface area contributed by atoms with Gasteiger partial charge in [0.05, 0.1) is 10.0 Å². The molecule has 0 saturated carbocycles. The molecule has 0 unspecified atom stereocenters. The van der Waals surface area contributed by atoms with Crippen LogP contribution in [0.2, 0.25) is 15.1 Å². The fourth-order valence-electron chi connectivity index (χ4n) is 1.66. The molecule has 106 valence electrons. The van der Waals surface area contributed by atoms with Crippen molar-refractivity contribution in [2.75, 3.05) is 0 Å². The van der Waals surface area contributed by atoms with Crippen LogP contribution < -0.4 is 0 Å². The SMILES string of the molecule is Oc1c(-c2c(Cl)cc(Cl)cc2Cl)ccnc1C(F)(F)F. The van der Waals surface area contributed by atoms with Crippen LogP contribution in [-0.4, -0.2) is 10.1 Å². The van der Waals surface area contributed by atoms with Gasteiger partial charge >= 0.3 is 6.18 Å². The molecule has 0 saturated heterocycles. The Hall–Kier alpha value is -1.17. The molecule has 0 atom stereocenters. The van der Waals surface area contributed by atoms with E-state index in [2.05, 4.69) is 4.98 Å².